The summed E-state index contributed by atoms with van der Waals surface area (Å²) in [6.45, 7) is 6.68. The van der Waals surface area contributed by atoms with Crippen molar-refractivity contribution in [1.82, 2.24) is 9.55 Å². The van der Waals surface area contributed by atoms with E-state index in [1.807, 2.05) is 13.8 Å². The topological polar surface area (TPSA) is 58.7 Å². The highest BCUT2D eigenvalue weighted by molar-refractivity contribution is 7.18. The quantitative estimate of drug-likeness (QED) is 0.793. The molecule has 2 aromatic rings. The average Bonchev–Trinajstić information content (AvgIpc) is 2.69. The number of hydrogen-bond donors (Lipinski definition) is 0. The predicted octanol–water partition coefficient (Wildman–Crippen LogP) is 3.33. The van der Waals surface area contributed by atoms with Crippen LogP contribution in [0.2, 0.25) is 0 Å². The molecule has 0 fully saturated rings. The van der Waals surface area contributed by atoms with Crippen molar-refractivity contribution in [3.8, 4) is 6.07 Å². The van der Waals surface area contributed by atoms with Gasteiger partial charge in [0.25, 0.3) is 5.56 Å². The van der Waals surface area contributed by atoms with Crippen LogP contribution in [0.3, 0.4) is 0 Å². The first kappa shape index (κ1) is 14.7. The second-order valence-electron chi connectivity index (χ2n) is 4.96. The van der Waals surface area contributed by atoms with Crippen LogP contribution in [-0.4, -0.2) is 9.55 Å². The van der Waals surface area contributed by atoms with Gasteiger partial charge in [0.15, 0.2) is 0 Å². The molecule has 0 atom stereocenters. The minimum Gasteiger partial charge on any atom is -0.296 e. The molecular formula is C15H19N3OS. The van der Waals surface area contributed by atoms with Crippen molar-refractivity contribution in [1.29, 1.82) is 5.26 Å². The normalized spacial score (nSPS) is 10.9. The molecule has 0 aliphatic heterocycles. The first-order valence-electron chi connectivity index (χ1n) is 6.96. The van der Waals surface area contributed by atoms with Gasteiger partial charge in [0.1, 0.15) is 10.7 Å². The summed E-state index contributed by atoms with van der Waals surface area (Å²) in [6.07, 6.45) is 2.92. The molecule has 0 saturated heterocycles. The lowest BCUT2D eigenvalue weighted by Gasteiger charge is -2.11. The third-order valence-corrected chi connectivity index (χ3v) is 4.61. The first-order chi connectivity index (χ1) is 9.60. The van der Waals surface area contributed by atoms with Gasteiger partial charge in [-0.25, -0.2) is 4.98 Å². The largest absolute Gasteiger partial charge is 0.296 e. The van der Waals surface area contributed by atoms with E-state index in [4.69, 9.17) is 5.26 Å². The fraction of sp³-hybridized carbons (Fsp3) is 0.533. The van der Waals surface area contributed by atoms with Crippen LogP contribution in [0.25, 0.3) is 10.2 Å². The molecule has 20 heavy (non-hydrogen) atoms. The van der Waals surface area contributed by atoms with Crippen LogP contribution in [0.1, 0.15) is 42.5 Å². The highest BCUT2D eigenvalue weighted by atomic mass is 32.1. The van der Waals surface area contributed by atoms with E-state index in [9.17, 15) is 4.79 Å². The zero-order valence-electron chi connectivity index (χ0n) is 12.2. The Bertz CT molecular complexity index is 721. The highest BCUT2D eigenvalue weighted by Crippen LogP contribution is 2.26. The van der Waals surface area contributed by atoms with Gasteiger partial charge in [-0.2, -0.15) is 5.26 Å². The van der Waals surface area contributed by atoms with Crippen LogP contribution in [0, 0.1) is 25.2 Å². The Labute approximate surface area is 122 Å². The van der Waals surface area contributed by atoms with Crippen molar-refractivity contribution in [2.24, 2.45) is 0 Å². The Hall–Kier alpha value is -1.67. The number of aryl methyl sites for hydroxylation is 3. The second kappa shape index (κ2) is 6.19. The molecule has 0 aromatic carbocycles. The average molecular weight is 289 g/mol. The summed E-state index contributed by atoms with van der Waals surface area (Å²) in [4.78, 5) is 19.4. The van der Waals surface area contributed by atoms with E-state index in [1.54, 1.807) is 15.9 Å². The van der Waals surface area contributed by atoms with Crippen molar-refractivity contribution >= 4 is 21.6 Å². The third-order valence-electron chi connectivity index (χ3n) is 3.51. The second-order valence-corrected chi connectivity index (χ2v) is 6.16. The van der Waals surface area contributed by atoms with Crippen LogP contribution in [0.5, 0.6) is 0 Å². The molecule has 4 nitrogen and oxygen atoms in total. The minimum atomic E-state index is 0.0539. The molecule has 0 aliphatic rings. The van der Waals surface area contributed by atoms with Crippen LogP contribution in [0.4, 0.5) is 0 Å². The van der Waals surface area contributed by atoms with E-state index < -0.39 is 0 Å². The minimum absolute atomic E-state index is 0.0539. The summed E-state index contributed by atoms with van der Waals surface area (Å²) in [6, 6.07) is 2.13. The van der Waals surface area contributed by atoms with Gasteiger partial charge in [0.2, 0.25) is 0 Å². The van der Waals surface area contributed by atoms with Gasteiger partial charge < -0.3 is 0 Å². The Kier molecular flexibility index (Phi) is 4.56. The molecule has 2 rings (SSSR count). The van der Waals surface area contributed by atoms with E-state index in [-0.39, 0.29) is 5.56 Å². The molecule has 0 radical (unpaired) electrons. The zero-order chi connectivity index (χ0) is 14.7. The lowest BCUT2D eigenvalue weighted by atomic mass is 10.2. The molecule has 0 amide bonds. The number of unbranched alkanes of at least 4 members (excludes halogenated alkanes) is 1. The molecule has 0 saturated carbocycles. The van der Waals surface area contributed by atoms with Crippen molar-refractivity contribution in [3.63, 3.8) is 0 Å². The van der Waals surface area contributed by atoms with Gasteiger partial charge in [0, 0.05) is 24.3 Å². The molecular weight excluding hydrogens is 270 g/mol. The maximum atomic E-state index is 12.7. The van der Waals surface area contributed by atoms with Gasteiger partial charge in [-0.3, -0.25) is 9.36 Å². The molecule has 2 heterocycles. The molecule has 5 heteroatoms. The first-order valence-corrected chi connectivity index (χ1v) is 7.78. The summed E-state index contributed by atoms with van der Waals surface area (Å²) in [5.74, 6) is 0.851. The van der Waals surface area contributed by atoms with Crippen LogP contribution < -0.4 is 5.56 Å². The SMILES string of the molecule is CCCc1nc2sc(C)c(C)c2c(=O)n1CCCC#N. The maximum Gasteiger partial charge on any atom is 0.262 e. The van der Waals surface area contributed by atoms with Crippen LogP contribution >= 0.6 is 11.3 Å². The standard InChI is InChI=1S/C15H19N3OS/c1-4-7-12-17-14-13(10(2)11(3)20-14)15(19)18(12)9-6-5-8-16/h4-7,9H2,1-3H3. The van der Waals surface area contributed by atoms with Gasteiger partial charge >= 0.3 is 0 Å². The number of nitrogens with zero attached hydrogens (tertiary/aromatic N) is 3. The molecule has 0 aliphatic carbocycles. The van der Waals surface area contributed by atoms with Crippen molar-refractivity contribution in [3.05, 3.63) is 26.6 Å². The van der Waals surface area contributed by atoms with Crippen molar-refractivity contribution in [2.75, 3.05) is 0 Å². The number of rotatable bonds is 5. The summed E-state index contributed by atoms with van der Waals surface area (Å²) < 4.78 is 1.77. The van der Waals surface area contributed by atoms with E-state index in [1.165, 1.54) is 0 Å². The summed E-state index contributed by atoms with van der Waals surface area (Å²) in [5.41, 5.74) is 1.10. The van der Waals surface area contributed by atoms with Crippen molar-refractivity contribution < 1.29 is 0 Å². The molecule has 0 bridgehead atoms. The zero-order valence-corrected chi connectivity index (χ0v) is 13.0. The Morgan fingerprint density at radius 3 is 2.80 bits per heavy atom. The van der Waals surface area contributed by atoms with E-state index in [0.29, 0.717) is 19.4 Å². The third kappa shape index (κ3) is 2.61. The Balaban J connectivity index is 2.59. The number of fused-ring (bicyclic) bond motifs is 1. The fourth-order valence-electron chi connectivity index (χ4n) is 2.33. The van der Waals surface area contributed by atoms with E-state index in [2.05, 4.69) is 18.0 Å². The maximum absolute atomic E-state index is 12.7. The van der Waals surface area contributed by atoms with Crippen LogP contribution in [0.15, 0.2) is 4.79 Å². The summed E-state index contributed by atoms with van der Waals surface area (Å²) in [5, 5.41) is 9.41. The molecule has 2 aromatic heterocycles. The Morgan fingerprint density at radius 2 is 2.15 bits per heavy atom. The van der Waals surface area contributed by atoms with E-state index >= 15 is 0 Å². The number of hydrogen-bond acceptors (Lipinski definition) is 4. The summed E-state index contributed by atoms with van der Waals surface area (Å²) >= 11 is 1.59. The van der Waals surface area contributed by atoms with Crippen molar-refractivity contribution in [2.45, 2.75) is 53.0 Å². The number of nitriles is 1. The smallest absolute Gasteiger partial charge is 0.262 e. The molecule has 0 unspecified atom stereocenters. The van der Waals surface area contributed by atoms with Gasteiger partial charge in [-0.15, -0.1) is 11.3 Å². The lowest BCUT2D eigenvalue weighted by molar-refractivity contribution is 0.585. The van der Waals surface area contributed by atoms with Gasteiger partial charge in [-0.1, -0.05) is 6.92 Å². The van der Waals surface area contributed by atoms with Gasteiger partial charge in [-0.05, 0) is 32.3 Å². The lowest BCUT2D eigenvalue weighted by Crippen LogP contribution is -2.25. The summed E-state index contributed by atoms with van der Waals surface area (Å²) in [7, 11) is 0. The fourth-order valence-corrected chi connectivity index (χ4v) is 3.37. The molecule has 106 valence electrons. The number of aromatic nitrogens is 2. The number of thiophene rings is 1. The highest BCUT2D eigenvalue weighted by Gasteiger charge is 2.15. The molecule has 0 N–H and O–H groups in total. The van der Waals surface area contributed by atoms with Gasteiger partial charge in [0.05, 0.1) is 11.5 Å². The molecule has 0 spiro atoms. The van der Waals surface area contributed by atoms with E-state index in [0.717, 1.165) is 39.3 Å². The Morgan fingerprint density at radius 1 is 1.40 bits per heavy atom. The van der Waals surface area contributed by atoms with Crippen LogP contribution in [-0.2, 0) is 13.0 Å². The predicted molar refractivity (Wildman–Crippen MR) is 82.2 cm³/mol. The monoisotopic (exact) mass is 289 g/mol.